The first-order chi connectivity index (χ1) is 8.54. The van der Waals surface area contributed by atoms with Crippen molar-refractivity contribution in [2.75, 3.05) is 6.61 Å². The third kappa shape index (κ3) is 2.16. The molecule has 5 nitrogen and oxygen atoms in total. The van der Waals surface area contributed by atoms with Gasteiger partial charge in [-0.2, -0.15) is 0 Å². The minimum Gasteiger partial charge on any atom is -0.477 e. The van der Waals surface area contributed by atoms with Crippen molar-refractivity contribution in [1.82, 2.24) is 4.57 Å². The van der Waals surface area contributed by atoms with Crippen LogP contribution in [0.4, 0.5) is 0 Å². The van der Waals surface area contributed by atoms with Gasteiger partial charge >= 0.3 is 5.97 Å². The first-order valence-electron chi connectivity index (χ1n) is 5.21. The minimum absolute atomic E-state index is 0.135. The van der Waals surface area contributed by atoms with Gasteiger partial charge in [0.05, 0.1) is 12.1 Å². The van der Waals surface area contributed by atoms with Gasteiger partial charge in [0.25, 0.3) is 0 Å². The summed E-state index contributed by atoms with van der Waals surface area (Å²) in [5.41, 5.74) is -0.217. The number of carbonyl (C=O) groups is 1. The van der Waals surface area contributed by atoms with Crippen molar-refractivity contribution in [1.29, 1.82) is 0 Å². The Bertz CT molecular complexity index is 678. The fourth-order valence-corrected chi connectivity index (χ4v) is 2.16. The van der Waals surface area contributed by atoms with Crippen LogP contribution in [0.25, 0.3) is 10.9 Å². The molecule has 18 heavy (non-hydrogen) atoms. The minimum atomic E-state index is -1.27. The summed E-state index contributed by atoms with van der Waals surface area (Å²) in [6.07, 6.45) is 1.26. The number of pyridine rings is 1. The topological polar surface area (TPSA) is 79.5 Å². The van der Waals surface area contributed by atoms with E-state index in [-0.39, 0.29) is 18.7 Å². The van der Waals surface area contributed by atoms with Gasteiger partial charge in [0.15, 0.2) is 0 Å². The van der Waals surface area contributed by atoms with Crippen molar-refractivity contribution < 1.29 is 15.0 Å². The molecular weight excluding hydrogens is 302 g/mol. The summed E-state index contributed by atoms with van der Waals surface area (Å²) in [6.45, 7) is 0.0943. The molecule has 0 aliphatic heterocycles. The SMILES string of the molecule is O=C(O)c1cn(CCO)c2cc(Br)ccc2c1=O. The van der Waals surface area contributed by atoms with Crippen LogP contribution in [-0.4, -0.2) is 27.4 Å². The van der Waals surface area contributed by atoms with E-state index in [1.807, 2.05) is 0 Å². The third-order valence-corrected chi connectivity index (χ3v) is 3.11. The summed E-state index contributed by atoms with van der Waals surface area (Å²) in [4.78, 5) is 23.0. The van der Waals surface area contributed by atoms with Gasteiger partial charge in [0.2, 0.25) is 5.43 Å². The molecule has 0 saturated heterocycles. The molecule has 0 amide bonds. The lowest BCUT2D eigenvalue weighted by Gasteiger charge is -2.11. The van der Waals surface area contributed by atoms with Crippen LogP contribution in [0.3, 0.4) is 0 Å². The Kier molecular flexibility index (Phi) is 3.49. The molecule has 94 valence electrons. The monoisotopic (exact) mass is 311 g/mol. The van der Waals surface area contributed by atoms with Crippen molar-refractivity contribution in [3.8, 4) is 0 Å². The Morgan fingerprint density at radius 3 is 2.72 bits per heavy atom. The third-order valence-electron chi connectivity index (χ3n) is 2.61. The average Bonchev–Trinajstić information content (AvgIpc) is 2.32. The van der Waals surface area contributed by atoms with Crippen molar-refractivity contribution >= 4 is 32.8 Å². The zero-order valence-corrected chi connectivity index (χ0v) is 10.8. The Morgan fingerprint density at radius 1 is 1.39 bits per heavy atom. The summed E-state index contributed by atoms with van der Waals surface area (Å²) in [6, 6.07) is 4.97. The molecule has 0 spiro atoms. The van der Waals surface area contributed by atoms with Crippen LogP contribution in [0.2, 0.25) is 0 Å². The lowest BCUT2D eigenvalue weighted by molar-refractivity contribution is 0.0694. The number of hydrogen-bond donors (Lipinski definition) is 2. The number of aromatic carboxylic acids is 1. The maximum absolute atomic E-state index is 12.0. The predicted octanol–water partition coefficient (Wildman–Crippen LogP) is 1.45. The second kappa shape index (κ2) is 4.91. The lowest BCUT2D eigenvalue weighted by Crippen LogP contribution is -2.19. The number of hydrogen-bond acceptors (Lipinski definition) is 3. The van der Waals surface area contributed by atoms with E-state index in [1.54, 1.807) is 22.8 Å². The number of nitrogens with zero attached hydrogens (tertiary/aromatic N) is 1. The van der Waals surface area contributed by atoms with Crippen molar-refractivity contribution in [3.63, 3.8) is 0 Å². The summed E-state index contributed by atoms with van der Waals surface area (Å²) in [5.74, 6) is -1.27. The number of carboxylic acids is 1. The molecule has 6 heteroatoms. The first kappa shape index (κ1) is 12.8. The highest BCUT2D eigenvalue weighted by Gasteiger charge is 2.14. The zero-order valence-electron chi connectivity index (χ0n) is 9.26. The first-order valence-corrected chi connectivity index (χ1v) is 6.00. The summed E-state index contributed by atoms with van der Waals surface area (Å²) < 4.78 is 2.34. The Balaban J connectivity index is 2.87. The quantitative estimate of drug-likeness (QED) is 0.899. The van der Waals surface area contributed by atoms with E-state index in [0.29, 0.717) is 10.9 Å². The number of carboxylic acid groups (broad SMARTS) is 1. The lowest BCUT2D eigenvalue weighted by atomic mass is 10.1. The maximum atomic E-state index is 12.0. The van der Waals surface area contributed by atoms with Crippen molar-refractivity contribution in [3.05, 3.63) is 44.7 Å². The van der Waals surface area contributed by atoms with E-state index < -0.39 is 11.4 Å². The molecule has 0 saturated carbocycles. The normalized spacial score (nSPS) is 10.8. The van der Waals surface area contributed by atoms with E-state index in [9.17, 15) is 9.59 Å². The van der Waals surface area contributed by atoms with Gasteiger partial charge in [-0.05, 0) is 18.2 Å². The molecule has 2 aromatic rings. The fraction of sp³-hybridized carbons (Fsp3) is 0.167. The second-order valence-corrected chi connectivity index (χ2v) is 4.67. The molecule has 0 unspecified atom stereocenters. The van der Waals surface area contributed by atoms with Gasteiger partial charge in [-0.15, -0.1) is 0 Å². The molecule has 1 heterocycles. The second-order valence-electron chi connectivity index (χ2n) is 3.76. The van der Waals surface area contributed by atoms with Crippen LogP contribution >= 0.6 is 15.9 Å². The standard InChI is InChI=1S/C12H10BrNO4/c13-7-1-2-8-10(5-7)14(3-4-15)6-9(11(8)16)12(17)18/h1-2,5-6,15H,3-4H2,(H,17,18). The number of fused-ring (bicyclic) bond motifs is 1. The van der Waals surface area contributed by atoms with Crippen molar-refractivity contribution in [2.45, 2.75) is 6.54 Å². The number of rotatable bonds is 3. The number of aliphatic hydroxyl groups excluding tert-OH is 1. The van der Waals surface area contributed by atoms with Crippen LogP contribution in [0.5, 0.6) is 0 Å². The summed E-state index contributed by atoms with van der Waals surface area (Å²) in [7, 11) is 0. The smallest absolute Gasteiger partial charge is 0.341 e. The van der Waals surface area contributed by atoms with Crippen LogP contribution in [0, 0.1) is 0 Å². The molecule has 0 bridgehead atoms. The molecule has 0 fully saturated rings. The van der Waals surface area contributed by atoms with Gasteiger partial charge < -0.3 is 14.8 Å². The van der Waals surface area contributed by atoms with E-state index >= 15 is 0 Å². The van der Waals surface area contributed by atoms with Gasteiger partial charge in [-0.1, -0.05) is 15.9 Å². The van der Waals surface area contributed by atoms with Crippen LogP contribution < -0.4 is 5.43 Å². The van der Waals surface area contributed by atoms with E-state index in [2.05, 4.69) is 15.9 Å². The fourth-order valence-electron chi connectivity index (χ4n) is 1.81. The molecule has 0 atom stereocenters. The highest BCUT2D eigenvalue weighted by molar-refractivity contribution is 9.10. The largest absolute Gasteiger partial charge is 0.477 e. The van der Waals surface area contributed by atoms with Crippen LogP contribution in [0.15, 0.2) is 33.7 Å². The van der Waals surface area contributed by atoms with Crippen molar-refractivity contribution in [2.24, 2.45) is 0 Å². The Hall–Kier alpha value is -1.66. The van der Waals surface area contributed by atoms with E-state index in [0.717, 1.165) is 4.47 Å². The van der Waals surface area contributed by atoms with Crippen LogP contribution in [-0.2, 0) is 6.54 Å². The summed E-state index contributed by atoms with van der Waals surface area (Å²) in [5, 5.41) is 18.3. The molecule has 0 aliphatic carbocycles. The van der Waals surface area contributed by atoms with Gasteiger partial charge in [0.1, 0.15) is 5.56 Å². The summed E-state index contributed by atoms with van der Waals surface area (Å²) >= 11 is 3.30. The number of aliphatic hydroxyl groups is 1. The molecule has 0 radical (unpaired) electrons. The molecule has 2 rings (SSSR count). The van der Waals surface area contributed by atoms with Gasteiger partial charge in [-0.25, -0.2) is 4.79 Å². The number of aromatic nitrogens is 1. The molecule has 1 aromatic heterocycles. The zero-order chi connectivity index (χ0) is 13.3. The average molecular weight is 312 g/mol. The van der Waals surface area contributed by atoms with E-state index in [4.69, 9.17) is 10.2 Å². The molecule has 1 aromatic carbocycles. The molecular formula is C12H10BrNO4. The Labute approximate surface area is 110 Å². The maximum Gasteiger partial charge on any atom is 0.341 e. The highest BCUT2D eigenvalue weighted by atomic mass is 79.9. The molecule has 2 N–H and O–H groups in total. The molecule has 0 aliphatic rings. The van der Waals surface area contributed by atoms with E-state index in [1.165, 1.54) is 6.20 Å². The van der Waals surface area contributed by atoms with Gasteiger partial charge in [-0.3, -0.25) is 4.79 Å². The van der Waals surface area contributed by atoms with Crippen LogP contribution in [0.1, 0.15) is 10.4 Å². The highest BCUT2D eigenvalue weighted by Crippen LogP contribution is 2.18. The predicted molar refractivity (Wildman–Crippen MR) is 70.0 cm³/mol. The van der Waals surface area contributed by atoms with Gasteiger partial charge in [0, 0.05) is 22.6 Å². The number of benzene rings is 1. The Morgan fingerprint density at radius 2 is 2.11 bits per heavy atom. The number of halogens is 1.